The molecule has 0 spiro atoms. The first kappa shape index (κ1) is 14.3. The van der Waals surface area contributed by atoms with E-state index < -0.39 is 0 Å². The zero-order chi connectivity index (χ0) is 13.0. The van der Waals surface area contributed by atoms with Crippen LogP contribution in [-0.2, 0) is 4.74 Å². The van der Waals surface area contributed by atoms with Crippen LogP contribution in [0.15, 0.2) is 0 Å². The molecule has 0 bridgehead atoms. The van der Waals surface area contributed by atoms with Crippen molar-refractivity contribution in [1.82, 2.24) is 10.2 Å². The zero-order valence-corrected chi connectivity index (χ0v) is 12.3. The van der Waals surface area contributed by atoms with E-state index in [0.29, 0.717) is 0 Å². The molecule has 106 valence electrons. The third-order valence-corrected chi connectivity index (χ3v) is 4.75. The lowest BCUT2D eigenvalue weighted by Crippen LogP contribution is -2.44. The van der Waals surface area contributed by atoms with Gasteiger partial charge < -0.3 is 10.1 Å². The molecule has 3 nitrogen and oxygen atoms in total. The minimum atomic E-state index is 0.747. The Labute approximate surface area is 112 Å². The van der Waals surface area contributed by atoms with Gasteiger partial charge in [0.1, 0.15) is 0 Å². The molecule has 3 heteroatoms. The molecule has 0 saturated heterocycles. The Balaban J connectivity index is 1.87. The van der Waals surface area contributed by atoms with Crippen LogP contribution in [0.1, 0.15) is 46.0 Å². The van der Waals surface area contributed by atoms with Crippen molar-refractivity contribution in [1.29, 1.82) is 0 Å². The van der Waals surface area contributed by atoms with Crippen molar-refractivity contribution in [2.75, 3.05) is 26.8 Å². The first-order valence-corrected chi connectivity index (χ1v) is 7.74. The van der Waals surface area contributed by atoms with Crippen LogP contribution in [0.25, 0.3) is 0 Å². The smallest absolute Gasteiger partial charge is 0.0589 e. The van der Waals surface area contributed by atoms with E-state index in [4.69, 9.17) is 4.74 Å². The van der Waals surface area contributed by atoms with E-state index in [1.165, 1.54) is 32.1 Å². The highest BCUT2D eigenvalue weighted by atomic mass is 16.5. The number of rotatable bonds is 8. The second-order valence-corrected chi connectivity index (χ2v) is 6.03. The summed E-state index contributed by atoms with van der Waals surface area (Å²) in [7, 11) is 1.82. The van der Waals surface area contributed by atoms with E-state index in [-0.39, 0.29) is 0 Å². The molecule has 0 aliphatic heterocycles. The highest BCUT2D eigenvalue weighted by Gasteiger charge is 2.37. The summed E-state index contributed by atoms with van der Waals surface area (Å²) in [6.07, 6.45) is 6.91. The summed E-state index contributed by atoms with van der Waals surface area (Å²) >= 11 is 0. The van der Waals surface area contributed by atoms with E-state index in [0.717, 1.165) is 43.7 Å². The second kappa shape index (κ2) is 6.88. The topological polar surface area (TPSA) is 24.5 Å². The number of hydrogen-bond donors (Lipinski definition) is 1. The minimum absolute atomic E-state index is 0.747. The quantitative estimate of drug-likeness (QED) is 0.719. The standard InChI is InChI=1S/C15H30N2O/c1-4-16-14-7-8-15(11-14)17(9-10-18-3)12(2)13-5-6-13/h12-16H,4-11H2,1-3H3. The van der Waals surface area contributed by atoms with Crippen molar-refractivity contribution in [3.8, 4) is 0 Å². The van der Waals surface area contributed by atoms with Crippen molar-refractivity contribution < 1.29 is 4.74 Å². The molecule has 2 aliphatic rings. The summed E-state index contributed by atoms with van der Waals surface area (Å²) in [4.78, 5) is 2.73. The Bertz CT molecular complexity index is 243. The molecule has 0 heterocycles. The van der Waals surface area contributed by atoms with Crippen molar-refractivity contribution in [3.05, 3.63) is 0 Å². The monoisotopic (exact) mass is 254 g/mol. The number of ether oxygens (including phenoxy) is 1. The summed E-state index contributed by atoms with van der Waals surface area (Å²) in [5.74, 6) is 0.958. The largest absolute Gasteiger partial charge is 0.383 e. The highest BCUT2D eigenvalue weighted by Crippen LogP contribution is 2.37. The molecule has 2 aliphatic carbocycles. The highest BCUT2D eigenvalue weighted by molar-refractivity contribution is 4.93. The van der Waals surface area contributed by atoms with E-state index in [2.05, 4.69) is 24.1 Å². The molecule has 1 N–H and O–H groups in total. The lowest BCUT2D eigenvalue weighted by molar-refractivity contribution is 0.0821. The van der Waals surface area contributed by atoms with Gasteiger partial charge in [-0.25, -0.2) is 0 Å². The molecule has 0 aromatic rings. The fraction of sp³-hybridized carbons (Fsp3) is 1.00. The molecule has 0 aromatic carbocycles. The van der Waals surface area contributed by atoms with Crippen LogP contribution < -0.4 is 5.32 Å². The molecule has 2 rings (SSSR count). The van der Waals surface area contributed by atoms with E-state index in [1.807, 2.05) is 7.11 Å². The lowest BCUT2D eigenvalue weighted by Gasteiger charge is -2.34. The van der Waals surface area contributed by atoms with Gasteiger partial charge in [0, 0.05) is 31.8 Å². The van der Waals surface area contributed by atoms with E-state index in [1.54, 1.807) is 0 Å². The molecule has 3 atom stereocenters. The first-order chi connectivity index (χ1) is 8.76. The molecule has 3 unspecified atom stereocenters. The van der Waals surface area contributed by atoms with Gasteiger partial charge in [0.05, 0.1) is 6.61 Å². The summed E-state index contributed by atoms with van der Waals surface area (Å²) < 4.78 is 5.30. The molecular weight excluding hydrogens is 224 g/mol. The molecular formula is C15H30N2O. The van der Waals surface area contributed by atoms with Crippen molar-refractivity contribution in [3.63, 3.8) is 0 Å². The molecule has 2 fully saturated rings. The fourth-order valence-electron chi connectivity index (χ4n) is 3.50. The Kier molecular flexibility index (Phi) is 5.46. The number of nitrogens with zero attached hydrogens (tertiary/aromatic N) is 1. The third kappa shape index (κ3) is 3.69. The number of methoxy groups -OCH3 is 1. The maximum atomic E-state index is 5.30. The third-order valence-electron chi connectivity index (χ3n) is 4.75. The van der Waals surface area contributed by atoms with Gasteiger partial charge in [-0.05, 0) is 51.5 Å². The lowest BCUT2D eigenvalue weighted by atomic mass is 10.1. The molecule has 18 heavy (non-hydrogen) atoms. The van der Waals surface area contributed by atoms with Crippen molar-refractivity contribution in [2.24, 2.45) is 5.92 Å². The van der Waals surface area contributed by atoms with Gasteiger partial charge in [-0.15, -0.1) is 0 Å². The van der Waals surface area contributed by atoms with Gasteiger partial charge in [0.15, 0.2) is 0 Å². The average molecular weight is 254 g/mol. The van der Waals surface area contributed by atoms with Crippen LogP contribution in [0.5, 0.6) is 0 Å². The maximum Gasteiger partial charge on any atom is 0.0589 e. The zero-order valence-electron chi connectivity index (χ0n) is 12.3. The molecule has 0 amide bonds. The Morgan fingerprint density at radius 2 is 2.06 bits per heavy atom. The van der Waals surface area contributed by atoms with Gasteiger partial charge in [0.25, 0.3) is 0 Å². The van der Waals surface area contributed by atoms with Crippen LogP contribution >= 0.6 is 0 Å². The van der Waals surface area contributed by atoms with E-state index in [9.17, 15) is 0 Å². The predicted octanol–water partition coefficient (Wildman–Crippen LogP) is 2.26. The minimum Gasteiger partial charge on any atom is -0.383 e. The summed E-state index contributed by atoms with van der Waals surface area (Å²) in [5, 5.41) is 3.61. The normalized spacial score (nSPS) is 30.0. The van der Waals surface area contributed by atoms with Crippen LogP contribution in [0.4, 0.5) is 0 Å². The summed E-state index contributed by atoms with van der Waals surface area (Å²) in [6, 6.07) is 2.28. The van der Waals surface area contributed by atoms with Crippen LogP contribution in [0.3, 0.4) is 0 Å². The second-order valence-electron chi connectivity index (χ2n) is 6.03. The first-order valence-electron chi connectivity index (χ1n) is 7.74. The van der Waals surface area contributed by atoms with Gasteiger partial charge in [0.2, 0.25) is 0 Å². The van der Waals surface area contributed by atoms with Crippen molar-refractivity contribution in [2.45, 2.75) is 64.1 Å². The van der Waals surface area contributed by atoms with E-state index >= 15 is 0 Å². The van der Waals surface area contributed by atoms with Gasteiger partial charge in [-0.3, -0.25) is 4.90 Å². The number of nitrogens with one attached hydrogen (secondary N) is 1. The van der Waals surface area contributed by atoms with Crippen LogP contribution in [0, 0.1) is 5.92 Å². The fourth-order valence-corrected chi connectivity index (χ4v) is 3.50. The van der Waals surface area contributed by atoms with Crippen LogP contribution in [-0.4, -0.2) is 49.8 Å². The van der Waals surface area contributed by atoms with Gasteiger partial charge >= 0.3 is 0 Å². The molecule has 0 aromatic heterocycles. The number of hydrogen-bond acceptors (Lipinski definition) is 3. The van der Waals surface area contributed by atoms with Gasteiger partial charge in [-0.1, -0.05) is 6.92 Å². The maximum absolute atomic E-state index is 5.30. The van der Waals surface area contributed by atoms with Gasteiger partial charge in [-0.2, -0.15) is 0 Å². The summed E-state index contributed by atoms with van der Waals surface area (Å²) in [5.41, 5.74) is 0. The predicted molar refractivity (Wildman–Crippen MR) is 75.9 cm³/mol. The Morgan fingerprint density at radius 1 is 1.28 bits per heavy atom. The molecule has 0 radical (unpaired) electrons. The Hall–Kier alpha value is -0.120. The van der Waals surface area contributed by atoms with Crippen molar-refractivity contribution >= 4 is 0 Å². The Morgan fingerprint density at radius 3 is 2.67 bits per heavy atom. The summed E-state index contributed by atoms with van der Waals surface area (Å²) in [6.45, 7) is 7.72. The average Bonchev–Trinajstić information content (AvgIpc) is 3.12. The molecule has 2 saturated carbocycles. The SMILES string of the molecule is CCNC1CCC(N(CCOC)C(C)C2CC2)C1. The van der Waals surface area contributed by atoms with Crippen LogP contribution in [0.2, 0.25) is 0 Å².